The molecule has 0 radical (unpaired) electrons. The second-order valence-electron chi connectivity index (χ2n) is 7.12. The standard InChI is InChI=1S/C16H29N3O5S/c1-23-12-15(13-4-5-13)17-16(20)18-6-2-3-14(11-18)25(21,22)19-7-9-24-10-8-19/h13-15H,2-12H2,1H3,(H,17,20). The zero-order valence-corrected chi connectivity index (χ0v) is 15.7. The number of hydrogen-bond acceptors (Lipinski definition) is 5. The fourth-order valence-electron chi connectivity index (χ4n) is 3.60. The minimum absolute atomic E-state index is 0.0220. The van der Waals surface area contributed by atoms with Crippen LogP contribution < -0.4 is 5.32 Å². The van der Waals surface area contributed by atoms with Gasteiger partial charge in [0.25, 0.3) is 0 Å². The number of hydrogen-bond donors (Lipinski definition) is 1. The molecule has 3 rings (SSSR count). The van der Waals surface area contributed by atoms with Crippen molar-refractivity contribution in [3.05, 3.63) is 0 Å². The van der Waals surface area contributed by atoms with Crippen LogP contribution >= 0.6 is 0 Å². The maximum Gasteiger partial charge on any atom is 0.317 e. The first kappa shape index (κ1) is 18.9. The van der Waals surface area contributed by atoms with Crippen LogP contribution in [0.4, 0.5) is 4.79 Å². The number of carbonyl (C=O) groups excluding carboxylic acids is 1. The Morgan fingerprint density at radius 3 is 2.60 bits per heavy atom. The van der Waals surface area contributed by atoms with Gasteiger partial charge in [-0.25, -0.2) is 13.2 Å². The van der Waals surface area contributed by atoms with Gasteiger partial charge >= 0.3 is 6.03 Å². The van der Waals surface area contributed by atoms with Crippen LogP contribution in [0.2, 0.25) is 0 Å². The Hall–Kier alpha value is -0.900. The van der Waals surface area contributed by atoms with Crippen LogP contribution in [0.1, 0.15) is 25.7 Å². The number of carbonyl (C=O) groups is 1. The Morgan fingerprint density at radius 2 is 1.96 bits per heavy atom. The van der Waals surface area contributed by atoms with Crippen LogP contribution in [0.15, 0.2) is 0 Å². The van der Waals surface area contributed by atoms with Crippen molar-refractivity contribution in [3.63, 3.8) is 0 Å². The van der Waals surface area contributed by atoms with Crippen LogP contribution in [0.3, 0.4) is 0 Å². The molecule has 1 N–H and O–H groups in total. The van der Waals surface area contributed by atoms with Crippen LogP contribution in [0, 0.1) is 5.92 Å². The van der Waals surface area contributed by atoms with Crippen LogP contribution in [0.25, 0.3) is 0 Å². The zero-order chi connectivity index (χ0) is 17.9. The highest BCUT2D eigenvalue weighted by Gasteiger charge is 2.38. The van der Waals surface area contributed by atoms with Crippen LogP contribution in [0.5, 0.6) is 0 Å². The first-order valence-electron chi connectivity index (χ1n) is 9.13. The lowest BCUT2D eigenvalue weighted by molar-refractivity contribution is 0.0720. The summed E-state index contributed by atoms with van der Waals surface area (Å²) in [5.74, 6) is 0.488. The van der Waals surface area contributed by atoms with Gasteiger partial charge in [-0.1, -0.05) is 0 Å². The molecule has 144 valence electrons. The fraction of sp³-hybridized carbons (Fsp3) is 0.938. The van der Waals surface area contributed by atoms with Gasteiger partial charge in [0, 0.05) is 33.3 Å². The highest BCUT2D eigenvalue weighted by molar-refractivity contribution is 7.89. The van der Waals surface area contributed by atoms with E-state index in [1.807, 2.05) is 0 Å². The third-order valence-corrected chi connectivity index (χ3v) is 7.57. The number of ether oxygens (including phenoxy) is 2. The summed E-state index contributed by atoms with van der Waals surface area (Å²) in [7, 11) is -1.75. The second kappa shape index (κ2) is 8.20. The van der Waals surface area contributed by atoms with Crippen LogP contribution in [-0.2, 0) is 19.5 Å². The molecule has 0 aromatic carbocycles. The van der Waals surface area contributed by atoms with E-state index >= 15 is 0 Å². The van der Waals surface area contributed by atoms with E-state index in [-0.39, 0.29) is 18.6 Å². The van der Waals surface area contributed by atoms with E-state index in [2.05, 4.69) is 5.32 Å². The molecule has 0 aromatic heterocycles. The molecule has 1 saturated carbocycles. The molecule has 3 aliphatic rings. The number of urea groups is 1. The predicted molar refractivity (Wildman–Crippen MR) is 92.8 cm³/mol. The molecule has 25 heavy (non-hydrogen) atoms. The van der Waals surface area contributed by atoms with Gasteiger partial charge in [0.05, 0.1) is 31.1 Å². The Morgan fingerprint density at radius 1 is 1.24 bits per heavy atom. The van der Waals surface area contributed by atoms with Gasteiger partial charge in [-0.3, -0.25) is 0 Å². The number of rotatable bonds is 6. The van der Waals surface area contributed by atoms with E-state index < -0.39 is 15.3 Å². The molecule has 2 heterocycles. The van der Waals surface area contributed by atoms with Crippen molar-refractivity contribution in [1.29, 1.82) is 0 Å². The third kappa shape index (κ3) is 4.64. The Balaban J connectivity index is 1.59. The molecule has 2 atom stereocenters. The van der Waals surface area contributed by atoms with Crippen molar-refractivity contribution in [2.45, 2.75) is 37.0 Å². The largest absolute Gasteiger partial charge is 0.383 e. The van der Waals surface area contributed by atoms with Crippen LogP contribution in [-0.4, -0.2) is 88.1 Å². The van der Waals surface area contributed by atoms with Gasteiger partial charge in [-0.05, 0) is 31.6 Å². The maximum atomic E-state index is 12.8. The van der Waals surface area contributed by atoms with E-state index in [4.69, 9.17) is 9.47 Å². The number of sulfonamides is 1. The molecule has 2 saturated heterocycles. The first-order chi connectivity index (χ1) is 12.0. The average molecular weight is 375 g/mol. The normalized spacial score (nSPS) is 27.1. The fourth-order valence-corrected chi connectivity index (χ4v) is 5.51. The number of morpholine rings is 1. The minimum Gasteiger partial charge on any atom is -0.383 e. The molecule has 2 amide bonds. The number of likely N-dealkylation sites (tertiary alicyclic amines) is 1. The average Bonchev–Trinajstić information content (AvgIpc) is 3.47. The molecule has 0 bridgehead atoms. The van der Waals surface area contributed by atoms with E-state index in [1.54, 1.807) is 12.0 Å². The van der Waals surface area contributed by atoms with E-state index in [0.717, 1.165) is 12.8 Å². The minimum atomic E-state index is -3.39. The van der Waals surface area contributed by atoms with Crippen molar-refractivity contribution in [2.24, 2.45) is 5.92 Å². The van der Waals surface area contributed by atoms with Crippen molar-refractivity contribution in [3.8, 4) is 0 Å². The maximum absolute atomic E-state index is 12.8. The third-order valence-electron chi connectivity index (χ3n) is 5.26. The second-order valence-corrected chi connectivity index (χ2v) is 9.33. The monoisotopic (exact) mass is 375 g/mol. The zero-order valence-electron chi connectivity index (χ0n) is 14.9. The summed E-state index contributed by atoms with van der Waals surface area (Å²) < 4.78 is 37.6. The molecule has 2 unspecified atom stereocenters. The SMILES string of the molecule is COCC(NC(=O)N1CCCC(S(=O)(=O)N2CCOCC2)C1)C1CC1. The van der Waals surface area contributed by atoms with E-state index in [9.17, 15) is 13.2 Å². The molecule has 9 heteroatoms. The lowest BCUT2D eigenvalue weighted by Gasteiger charge is -2.36. The smallest absolute Gasteiger partial charge is 0.317 e. The molecular weight excluding hydrogens is 346 g/mol. The van der Waals surface area contributed by atoms with Gasteiger partial charge in [0.1, 0.15) is 0 Å². The van der Waals surface area contributed by atoms with Gasteiger partial charge < -0.3 is 19.7 Å². The highest BCUT2D eigenvalue weighted by Crippen LogP contribution is 2.33. The van der Waals surface area contributed by atoms with Crippen molar-refractivity contribution < 1.29 is 22.7 Å². The summed E-state index contributed by atoms with van der Waals surface area (Å²) in [5, 5.41) is 2.51. The summed E-state index contributed by atoms with van der Waals surface area (Å²) >= 11 is 0. The molecule has 8 nitrogen and oxygen atoms in total. The summed E-state index contributed by atoms with van der Waals surface area (Å²) in [4.78, 5) is 14.2. The lowest BCUT2D eigenvalue weighted by Crippen LogP contribution is -2.55. The summed E-state index contributed by atoms with van der Waals surface area (Å²) in [5.41, 5.74) is 0. The molecule has 0 spiro atoms. The van der Waals surface area contributed by atoms with E-state index in [0.29, 0.717) is 58.2 Å². The van der Waals surface area contributed by atoms with Crippen molar-refractivity contribution in [1.82, 2.24) is 14.5 Å². The van der Waals surface area contributed by atoms with Gasteiger partial charge in [-0.2, -0.15) is 4.31 Å². The molecule has 3 fully saturated rings. The van der Waals surface area contributed by atoms with Crippen molar-refractivity contribution >= 4 is 16.1 Å². The molecular formula is C16H29N3O5S. The summed E-state index contributed by atoms with van der Waals surface area (Å²) in [6, 6.07) is -0.149. The van der Waals surface area contributed by atoms with Gasteiger partial charge in [-0.15, -0.1) is 0 Å². The van der Waals surface area contributed by atoms with E-state index in [1.165, 1.54) is 4.31 Å². The summed E-state index contributed by atoms with van der Waals surface area (Å²) in [6.07, 6.45) is 3.54. The van der Waals surface area contributed by atoms with Gasteiger partial charge in [0.15, 0.2) is 0 Å². The molecule has 1 aliphatic carbocycles. The van der Waals surface area contributed by atoms with Gasteiger partial charge in [0.2, 0.25) is 10.0 Å². The lowest BCUT2D eigenvalue weighted by atomic mass is 10.1. The first-order valence-corrected chi connectivity index (χ1v) is 10.6. The number of nitrogens with zero attached hydrogens (tertiary/aromatic N) is 2. The highest BCUT2D eigenvalue weighted by atomic mass is 32.2. The quantitative estimate of drug-likeness (QED) is 0.719. The number of nitrogens with one attached hydrogen (secondary N) is 1. The summed E-state index contributed by atoms with van der Waals surface area (Å²) in [6.45, 7) is 3.05. The molecule has 0 aromatic rings. The number of methoxy groups -OCH3 is 1. The van der Waals surface area contributed by atoms with Crippen molar-refractivity contribution in [2.75, 3.05) is 53.1 Å². The predicted octanol–water partition coefficient (Wildman–Crippen LogP) is 0.247. The molecule has 2 aliphatic heterocycles. The topological polar surface area (TPSA) is 88.2 Å². The Bertz CT molecular complexity index is 560. The Kier molecular flexibility index (Phi) is 6.19. The Labute approximate surface area is 149 Å². The number of amides is 2. The number of piperidine rings is 1.